The molecule has 2 aliphatic carbocycles. The van der Waals surface area contributed by atoms with E-state index in [9.17, 15) is 14.7 Å². The lowest BCUT2D eigenvalue weighted by Gasteiger charge is -2.31. The number of rotatable bonds is 1. The number of carbonyl (C=O) groups is 2. The highest BCUT2D eigenvalue weighted by atomic mass is 16.6. The van der Waals surface area contributed by atoms with Gasteiger partial charge in [0.05, 0.1) is 6.61 Å². The van der Waals surface area contributed by atoms with E-state index in [1.165, 1.54) is 0 Å². The van der Waals surface area contributed by atoms with Gasteiger partial charge in [-0.05, 0) is 44.2 Å². The van der Waals surface area contributed by atoms with Crippen LogP contribution in [0, 0.1) is 5.92 Å². The second-order valence-corrected chi connectivity index (χ2v) is 7.85. The van der Waals surface area contributed by atoms with E-state index in [0.717, 1.165) is 17.7 Å². The van der Waals surface area contributed by atoms with Crippen LogP contribution < -0.4 is 0 Å². The number of carbonyl (C=O) groups excluding carboxylic acids is 2. The summed E-state index contributed by atoms with van der Waals surface area (Å²) < 4.78 is 5.50. The molecule has 5 heteroatoms. The molecule has 4 rings (SSSR count). The van der Waals surface area contributed by atoms with Crippen LogP contribution in [-0.2, 0) is 16.8 Å². The molecule has 2 atom stereocenters. The van der Waals surface area contributed by atoms with Gasteiger partial charge in [-0.25, -0.2) is 4.79 Å². The van der Waals surface area contributed by atoms with Crippen molar-refractivity contribution in [1.29, 1.82) is 0 Å². The largest absolute Gasteiger partial charge is 0.443 e. The maximum Gasteiger partial charge on any atom is 0.414 e. The van der Waals surface area contributed by atoms with Crippen LogP contribution in [0.3, 0.4) is 0 Å². The van der Waals surface area contributed by atoms with Crippen LogP contribution in [-0.4, -0.2) is 34.0 Å². The van der Waals surface area contributed by atoms with Crippen LogP contribution in [0.4, 0.5) is 4.79 Å². The molecule has 1 saturated heterocycles. The molecule has 1 heterocycles. The van der Waals surface area contributed by atoms with E-state index in [1.807, 2.05) is 32.9 Å². The number of hydrogen-bond donors (Lipinski definition) is 1. The van der Waals surface area contributed by atoms with Crippen molar-refractivity contribution >= 4 is 11.9 Å². The molecule has 1 aliphatic heterocycles. The minimum atomic E-state index is -0.571. The number of aliphatic hydroxyl groups excluding tert-OH is 1. The quantitative estimate of drug-likeness (QED) is 0.861. The van der Waals surface area contributed by atoms with E-state index >= 15 is 0 Å². The number of likely N-dealkylation sites (tertiary alicyclic amines) is 1. The second-order valence-electron chi connectivity index (χ2n) is 7.85. The average molecular weight is 327 g/mol. The number of fused-ring (bicyclic) bond motifs is 1. The number of allylic oxidation sites excluding steroid dienone is 2. The Hall–Kier alpha value is -2.14. The van der Waals surface area contributed by atoms with Gasteiger partial charge in [0.2, 0.25) is 0 Å². The summed E-state index contributed by atoms with van der Waals surface area (Å²) in [7, 11) is 0. The van der Waals surface area contributed by atoms with Gasteiger partial charge in [-0.3, -0.25) is 9.69 Å². The van der Waals surface area contributed by atoms with Gasteiger partial charge in [0.1, 0.15) is 5.60 Å². The first-order chi connectivity index (χ1) is 11.3. The zero-order valence-electron chi connectivity index (χ0n) is 14.1. The van der Waals surface area contributed by atoms with Crippen molar-refractivity contribution in [3.63, 3.8) is 0 Å². The molecule has 1 spiro atoms. The van der Waals surface area contributed by atoms with Crippen molar-refractivity contribution in [2.45, 2.75) is 44.8 Å². The fourth-order valence-electron chi connectivity index (χ4n) is 4.18. The van der Waals surface area contributed by atoms with Gasteiger partial charge < -0.3 is 9.84 Å². The third-order valence-corrected chi connectivity index (χ3v) is 5.19. The minimum Gasteiger partial charge on any atom is -0.443 e. The highest BCUT2D eigenvalue weighted by molar-refractivity contribution is 6.10. The molecule has 1 amide bonds. The molecular weight excluding hydrogens is 306 g/mol. The zero-order valence-corrected chi connectivity index (χ0v) is 14.1. The van der Waals surface area contributed by atoms with Gasteiger partial charge in [-0.1, -0.05) is 18.2 Å². The Labute approximate surface area is 140 Å². The van der Waals surface area contributed by atoms with Gasteiger partial charge >= 0.3 is 6.09 Å². The number of aliphatic hydroxyl groups is 1. The summed E-state index contributed by atoms with van der Waals surface area (Å²) in [6.07, 6.45) is 2.11. The summed E-state index contributed by atoms with van der Waals surface area (Å²) in [5.74, 6) is 0.174. The van der Waals surface area contributed by atoms with Gasteiger partial charge in [-0.2, -0.15) is 0 Å². The van der Waals surface area contributed by atoms with Crippen molar-refractivity contribution in [2.75, 3.05) is 6.54 Å². The number of nitrogens with zero attached hydrogens (tertiary/aromatic N) is 1. The van der Waals surface area contributed by atoms with E-state index in [2.05, 4.69) is 0 Å². The normalized spacial score (nSPS) is 27.2. The van der Waals surface area contributed by atoms with Gasteiger partial charge in [0.25, 0.3) is 0 Å². The predicted molar refractivity (Wildman–Crippen MR) is 87.5 cm³/mol. The number of amides is 1. The fourth-order valence-corrected chi connectivity index (χ4v) is 4.18. The summed E-state index contributed by atoms with van der Waals surface area (Å²) in [5.41, 5.74) is 2.14. The van der Waals surface area contributed by atoms with E-state index in [0.29, 0.717) is 23.6 Å². The highest BCUT2D eigenvalue weighted by Gasteiger charge is 2.67. The molecule has 0 aromatic heterocycles. The molecular formula is C19H21NO4. The second kappa shape index (κ2) is 4.70. The van der Waals surface area contributed by atoms with Crippen LogP contribution in [0.15, 0.2) is 30.0 Å². The van der Waals surface area contributed by atoms with E-state index in [1.54, 1.807) is 17.0 Å². The number of benzene rings is 1. The topological polar surface area (TPSA) is 66.8 Å². The number of piperidine rings is 1. The van der Waals surface area contributed by atoms with Crippen molar-refractivity contribution in [3.05, 3.63) is 46.7 Å². The smallest absolute Gasteiger partial charge is 0.414 e. The molecule has 1 saturated carbocycles. The first-order valence-electron chi connectivity index (χ1n) is 8.28. The SMILES string of the molecule is CC(C)(C)OC(=O)N1C[C@@H]2C[C@]23C1=CC(=O)c1c(CO)cccc13. The number of hydrogen-bond acceptors (Lipinski definition) is 4. The Balaban J connectivity index is 1.76. The highest BCUT2D eigenvalue weighted by Crippen LogP contribution is 2.66. The van der Waals surface area contributed by atoms with Crippen LogP contribution in [0.5, 0.6) is 0 Å². The van der Waals surface area contributed by atoms with Crippen LogP contribution in [0.1, 0.15) is 48.7 Å². The monoisotopic (exact) mass is 327 g/mol. The lowest BCUT2D eigenvalue weighted by atomic mass is 9.79. The molecule has 1 aromatic carbocycles. The third-order valence-electron chi connectivity index (χ3n) is 5.19. The first-order valence-corrected chi connectivity index (χ1v) is 8.28. The van der Waals surface area contributed by atoms with E-state index in [-0.39, 0.29) is 17.8 Å². The number of ketones is 1. The maximum absolute atomic E-state index is 12.7. The van der Waals surface area contributed by atoms with E-state index in [4.69, 9.17) is 4.74 Å². The molecule has 1 N–H and O–H groups in total. The Kier molecular flexibility index (Phi) is 3.01. The summed E-state index contributed by atoms with van der Waals surface area (Å²) in [5, 5.41) is 9.56. The lowest BCUT2D eigenvalue weighted by Crippen LogP contribution is -2.38. The number of ether oxygens (including phenoxy) is 1. The molecule has 0 radical (unpaired) electrons. The molecule has 0 unspecified atom stereocenters. The van der Waals surface area contributed by atoms with Crippen LogP contribution in [0.2, 0.25) is 0 Å². The fraction of sp³-hybridized carbons (Fsp3) is 0.474. The van der Waals surface area contributed by atoms with Crippen molar-refractivity contribution < 1.29 is 19.4 Å². The molecule has 0 bridgehead atoms. The summed E-state index contributed by atoms with van der Waals surface area (Å²) in [6, 6.07) is 5.61. The molecule has 126 valence electrons. The Morgan fingerprint density at radius 1 is 1.42 bits per heavy atom. The average Bonchev–Trinajstić information content (AvgIpc) is 3.13. The Bertz CT molecular complexity index is 789. The maximum atomic E-state index is 12.7. The molecule has 24 heavy (non-hydrogen) atoms. The van der Waals surface area contributed by atoms with Crippen molar-refractivity contribution in [2.24, 2.45) is 5.92 Å². The zero-order chi connectivity index (χ0) is 17.3. The Morgan fingerprint density at radius 3 is 2.83 bits per heavy atom. The summed E-state index contributed by atoms with van der Waals surface area (Å²) >= 11 is 0. The molecule has 2 fully saturated rings. The summed E-state index contributed by atoms with van der Waals surface area (Å²) in [6.45, 7) is 5.92. The van der Waals surface area contributed by atoms with Crippen molar-refractivity contribution in [1.82, 2.24) is 4.90 Å². The van der Waals surface area contributed by atoms with Gasteiger partial charge in [0.15, 0.2) is 5.78 Å². The summed E-state index contributed by atoms with van der Waals surface area (Å²) in [4.78, 5) is 26.8. The first kappa shape index (κ1) is 15.4. The van der Waals surface area contributed by atoms with Gasteiger partial charge in [-0.15, -0.1) is 0 Å². The molecule has 1 aromatic rings. The van der Waals surface area contributed by atoms with E-state index < -0.39 is 11.7 Å². The molecule has 5 nitrogen and oxygen atoms in total. The van der Waals surface area contributed by atoms with Crippen LogP contribution >= 0.6 is 0 Å². The minimum absolute atomic E-state index is 0.142. The predicted octanol–water partition coefficient (Wildman–Crippen LogP) is 2.77. The lowest BCUT2D eigenvalue weighted by molar-refractivity contribution is 0.0322. The van der Waals surface area contributed by atoms with Gasteiger partial charge in [0, 0.05) is 29.3 Å². The van der Waals surface area contributed by atoms with Crippen molar-refractivity contribution in [3.8, 4) is 0 Å². The Morgan fingerprint density at radius 2 is 2.17 bits per heavy atom. The van der Waals surface area contributed by atoms with Crippen LogP contribution in [0.25, 0.3) is 0 Å². The molecule has 3 aliphatic rings. The third kappa shape index (κ3) is 1.97. The standard InChI is InChI=1S/C19H21NO4/c1-18(2,3)24-17(23)20-9-12-8-19(12)13-6-4-5-11(10-21)16(13)14(22)7-15(19)20/h4-7,12,21H,8-10H2,1-3H3/t12-,19-/m0/s1.